The van der Waals surface area contributed by atoms with E-state index in [-0.39, 0.29) is 17.7 Å². The Morgan fingerprint density at radius 2 is 2.04 bits per heavy atom. The molecule has 0 saturated carbocycles. The minimum Gasteiger partial charge on any atom is -0.381 e. The van der Waals surface area contributed by atoms with Crippen LogP contribution < -0.4 is 5.32 Å². The number of carbonyl (C=O) groups excluding carboxylic acids is 2. The highest BCUT2D eigenvalue weighted by Crippen LogP contribution is 2.19. The number of aryl methyl sites for hydroxylation is 1. The third-order valence-electron chi connectivity index (χ3n) is 5.35. The molecule has 5 nitrogen and oxygen atoms in total. The summed E-state index contributed by atoms with van der Waals surface area (Å²) in [7, 11) is 0. The van der Waals surface area contributed by atoms with E-state index in [1.54, 1.807) is 0 Å². The normalized spacial score (nSPS) is 21.0. The van der Waals surface area contributed by atoms with E-state index in [0.29, 0.717) is 37.1 Å². The van der Waals surface area contributed by atoms with Crippen molar-refractivity contribution in [2.24, 2.45) is 11.8 Å². The zero-order chi connectivity index (χ0) is 18.4. The minimum absolute atomic E-state index is 0.0168. The van der Waals surface area contributed by atoms with Gasteiger partial charge in [0.05, 0.1) is 12.5 Å². The van der Waals surface area contributed by atoms with Crippen LogP contribution in [0, 0.1) is 11.8 Å². The molecule has 2 fully saturated rings. The van der Waals surface area contributed by atoms with Crippen molar-refractivity contribution in [2.45, 2.75) is 32.1 Å². The van der Waals surface area contributed by atoms with Crippen molar-refractivity contribution in [3.8, 4) is 0 Å². The molecule has 0 bridgehead atoms. The lowest BCUT2D eigenvalue weighted by Crippen LogP contribution is -2.42. The Bertz CT molecular complexity index is 623. The lowest BCUT2D eigenvalue weighted by atomic mass is 9.96. The molecular weight excluding hydrogens is 352 g/mol. The highest BCUT2D eigenvalue weighted by atomic mass is 35.5. The topological polar surface area (TPSA) is 58.6 Å². The van der Waals surface area contributed by atoms with Crippen molar-refractivity contribution in [2.75, 3.05) is 32.8 Å². The SMILES string of the molecule is O=C(NCC1CCN(C(=O)CCc2cccc(Cl)c2)CC1)C1CCOC1. The van der Waals surface area contributed by atoms with Crippen molar-refractivity contribution in [1.82, 2.24) is 10.2 Å². The van der Waals surface area contributed by atoms with Crippen molar-refractivity contribution in [3.63, 3.8) is 0 Å². The van der Waals surface area contributed by atoms with Gasteiger partial charge < -0.3 is 15.0 Å². The molecule has 0 aromatic heterocycles. The molecule has 2 aliphatic heterocycles. The Balaban J connectivity index is 1.35. The maximum atomic E-state index is 12.4. The maximum absolute atomic E-state index is 12.4. The molecule has 1 N–H and O–H groups in total. The van der Waals surface area contributed by atoms with Gasteiger partial charge in [0, 0.05) is 37.7 Å². The molecule has 1 aromatic carbocycles. The number of rotatable bonds is 6. The fourth-order valence-electron chi connectivity index (χ4n) is 3.62. The molecule has 2 aliphatic rings. The fraction of sp³-hybridized carbons (Fsp3) is 0.600. The number of likely N-dealkylation sites (tertiary alicyclic amines) is 1. The number of hydrogen-bond acceptors (Lipinski definition) is 3. The van der Waals surface area contributed by atoms with E-state index in [1.165, 1.54) is 0 Å². The summed E-state index contributed by atoms with van der Waals surface area (Å²) in [5.41, 5.74) is 1.10. The van der Waals surface area contributed by atoms with Gasteiger partial charge in [-0.15, -0.1) is 0 Å². The fourth-order valence-corrected chi connectivity index (χ4v) is 3.83. The largest absolute Gasteiger partial charge is 0.381 e. The molecule has 0 spiro atoms. The number of amides is 2. The summed E-state index contributed by atoms with van der Waals surface area (Å²) in [6.45, 7) is 3.50. The summed E-state index contributed by atoms with van der Waals surface area (Å²) in [6.07, 6.45) is 3.96. The van der Waals surface area contributed by atoms with Crippen LogP contribution >= 0.6 is 11.6 Å². The molecule has 26 heavy (non-hydrogen) atoms. The lowest BCUT2D eigenvalue weighted by Gasteiger charge is -2.32. The number of hydrogen-bond donors (Lipinski definition) is 1. The van der Waals surface area contributed by atoms with E-state index < -0.39 is 0 Å². The quantitative estimate of drug-likeness (QED) is 0.827. The summed E-state index contributed by atoms with van der Waals surface area (Å²) in [4.78, 5) is 26.4. The molecule has 6 heteroatoms. The predicted octanol–water partition coefficient (Wildman–Crippen LogP) is 2.66. The van der Waals surface area contributed by atoms with Crippen LogP contribution in [-0.4, -0.2) is 49.6 Å². The minimum atomic E-state index is 0.0168. The van der Waals surface area contributed by atoms with Gasteiger partial charge in [-0.2, -0.15) is 0 Å². The average Bonchev–Trinajstić information content (AvgIpc) is 3.19. The molecule has 1 atom stereocenters. The molecule has 3 rings (SSSR count). The molecular formula is C20H27ClN2O3. The maximum Gasteiger partial charge on any atom is 0.225 e. The number of benzene rings is 1. The first-order valence-corrected chi connectivity index (χ1v) is 9.87. The Hall–Kier alpha value is -1.59. The number of ether oxygens (including phenoxy) is 1. The summed E-state index contributed by atoms with van der Waals surface area (Å²) in [5, 5.41) is 3.77. The second-order valence-corrected chi connectivity index (χ2v) is 7.70. The van der Waals surface area contributed by atoms with Crippen molar-refractivity contribution < 1.29 is 14.3 Å². The Morgan fingerprint density at radius 3 is 2.73 bits per heavy atom. The third-order valence-corrected chi connectivity index (χ3v) is 5.58. The van der Waals surface area contributed by atoms with Crippen LogP contribution in [0.15, 0.2) is 24.3 Å². The monoisotopic (exact) mass is 378 g/mol. The van der Waals surface area contributed by atoms with Gasteiger partial charge in [-0.3, -0.25) is 9.59 Å². The average molecular weight is 379 g/mol. The number of halogens is 1. The van der Waals surface area contributed by atoms with Crippen molar-refractivity contribution in [3.05, 3.63) is 34.9 Å². The lowest BCUT2D eigenvalue weighted by molar-refractivity contribution is -0.133. The smallest absolute Gasteiger partial charge is 0.225 e. The van der Waals surface area contributed by atoms with Gasteiger partial charge in [-0.1, -0.05) is 23.7 Å². The Labute approximate surface area is 160 Å². The molecule has 2 amide bonds. The molecule has 1 unspecified atom stereocenters. The van der Waals surface area contributed by atoms with Crippen LogP contribution in [0.2, 0.25) is 5.02 Å². The molecule has 1 aromatic rings. The standard InChI is InChI=1S/C20H27ClN2O3/c21-18-3-1-2-15(12-18)4-5-19(24)23-9-6-16(7-10-23)13-22-20(25)17-8-11-26-14-17/h1-3,12,16-17H,4-11,13-14H2,(H,22,25). The predicted molar refractivity (Wildman–Crippen MR) is 101 cm³/mol. The number of carbonyl (C=O) groups is 2. The summed E-state index contributed by atoms with van der Waals surface area (Å²) < 4.78 is 5.26. The highest BCUT2D eigenvalue weighted by molar-refractivity contribution is 6.30. The van der Waals surface area contributed by atoms with Crippen LogP contribution in [0.25, 0.3) is 0 Å². The van der Waals surface area contributed by atoms with E-state index >= 15 is 0 Å². The van der Waals surface area contributed by atoms with Gasteiger partial charge in [0.25, 0.3) is 0 Å². The summed E-state index contributed by atoms with van der Waals surface area (Å²) >= 11 is 5.99. The van der Waals surface area contributed by atoms with E-state index in [4.69, 9.17) is 16.3 Å². The zero-order valence-corrected chi connectivity index (χ0v) is 15.8. The van der Waals surface area contributed by atoms with Crippen molar-refractivity contribution in [1.29, 1.82) is 0 Å². The summed E-state index contributed by atoms with van der Waals surface area (Å²) in [5.74, 6) is 0.791. The molecule has 0 aliphatic carbocycles. The second-order valence-electron chi connectivity index (χ2n) is 7.26. The van der Waals surface area contributed by atoms with Gasteiger partial charge in [-0.25, -0.2) is 0 Å². The third kappa shape index (κ3) is 5.45. The Kier molecular flexibility index (Phi) is 6.92. The van der Waals surface area contributed by atoms with E-state index in [2.05, 4.69) is 5.32 Å². The molecule has 2 heterocycles. The first-order chi connectivity index (χ1) is 12.6. The van der Waals surface area contributed by atoms with Gasteiger partial charge >= 0.3 is 0 Å². The highest BCUT2D eigenvalue weighted by Gasteiger charge is 2.26. The number of piperidine rings is 1. The first kappa shape index (κ1) is 19.2. The second kappa shape index (κ2) is 9.38. The van der Waals surface area contributed by atoms with Crippen LogP contribution in [-0.2, 0) is 20.7 Å². The van der Waals surface area contributed by atoms with E-state index in [0.717, 1.165) is 44.3 Å². The molecule has 142 valence electrons. The van der Waals surface area contributed by atoms with Crippen molar-refractivity contribution >= 4 is 23.4 Å². The van der Waals surface area contributed by atoms with Crippen LogP contribution in [0.5, 0.6) is 0 Å². The van der Waals surface area contributed by atoms with Gasteiger partial charge in [-0.05, 0) is 49.3 Å². The number of nitrogens with zero attached hydrogens (tertiary/aromatic N) is 1. The number of nitrogens with one attached hydrogen (secondary N) is 1. The molecule has 0 radical (unpaired) electrons. The van der Waals surface area contributed by atoms with Gasteiger partial charge in [0.1, 0.15) is 0 Å². The van der Waals surface area contributed by atoms with Gasteiger partial charge in [0.15, 0.2) is 0 Å². The zero-order valence-electron chi connectivity index (χ0n) is 15.1. The van der Waals surface area contributed by atoms with E-state index in [9.17, 15) is 9.59 Å². The van der Waals surface area contributed by atoms with Crippen LogP contribution in [0.1, 0.15) is 31.2 Å². The van der Waals surface area contributed by atoms with E-state index in [1.807, 2.05) is 29.2 Å². The Morgan fingerprint density at radius 1 is 1.23 bits per heavy atom. The van der Waals surface area contributed by atoms with Gasteiger partial charge in [0.2, 0.25) is 11.8 Å². The first-order valence-electron chi connectivity index (χ1n) is 9.49. The summed E-state index contributed by atoms with van der Waals surface area (Å²) in [6, 6.07) is 7.68. The van der Waals surface area contributed by atoms with Crippen LogP contribution in [0.4, 0.5) is 0 Å². The van der Waals surface area contributed by atoms with Crippen LogP contribution in [0.3, 0.4) is 0 Å². The molecule has 2 saturated heterocycles.